The van der Waals surface area contributed by atoms with Crippen molar-refractivity contribution in [1.29, 1.82) is 0 Å². The van der Waals surface area contributed by atoms with Crippen molar-refractivity contribution in [3.8, 4) is 10.7 Å². The maximum absolute atomic E-state index is 5.89. The van der Waals surface area contributed by atoms with Gasteiger partial charge in [-0.15, -0.1) is 11.3 Å². The first-order chi connectivity index (χ1) is 7.70. The summed E-state index contributed by atoms with van der Waals surface area (Å²) in [7, 11) is 0. The van der Waals surface area contributed by atoms with Gasteiger partial charge in [0, 0.05) is 12.7 Å². The largest absolute Gasteiger partial charge is 0.369 e. The highest BCUT2D eigenvalue weighted by molar-refractivity contribution is 14.1. The molecule has 0 radical (unpaired) electrons. The Hall–Kier alpha value is -0.400. The fourth-order valence-electron chi connectivity index (χ4n) is 1.21. The van der Waals surface area contributed by atoms with Crippen molar-refractivity contribution in [3.05, 3.63) is 26.2 Å². The second kappa shape index (κ2) is 5.29. The van der Waals surface area contributed by atoms with Gasteiger partial charge in [-0.1, -0.05) is 11.6 Å². The highest BCUT2D eigenvalue weighted by atomic mass is 127. The molecule has 84 valence electrons. The molecule has 0 atom stereocenters. The van der Waals surface area contributed by atoms with Crippen molar-refractivity contribution < 1.29 is 0 Å². The van der Waals surface area contributed by atoms with Crippen molar-refractivity contribution in [3.63, 3.8) is 0 Å². The van der Waals surface area contributed by atoms with Crippen LogP contribution < -0.4 is 5.32 Å². The topological polar surface area (TPSA) is 37.8 Å². The molecule has 0 aliphatic rings. The molecule has 0 fully saturated rings. The molecule has 0 unspecified atom stereocenters. The van der Waals surface area contributed by atoms with Crippen molar-refractivity contribution in [2.24, 2.45) is 0 Å². The van der Waals surface area contributed by atoms with Crippen LogP contribution >= 0.6 is 45.5 Å². The van der Waals surface area contributed by atoms with E-state index in [1.807, 2.05) is 25.3 Å². The van der Waals surface area contributed by atoms with Gasteiger partial charge in [-0.05, 0) is 41.6 Å². The minimum atomic E-state index is 0.716. The Kier molecular flexibility index (Phi) is 3.99. The molecule has 0 spiro atoms. The number of nitrogens with zero attached hydrogens (tertiary/aromatic N) is 2. The Balaban J connectivity index is 2.39. The van der Waals surface area contributed by atoms with Crippen molar-refractivity contribution >= 4 is 51.3 Å². The fourth-order valence-corrected chi connectivity index (χ4v) is 2.65. The highest BCUT2D eigenvalue weighted by Gasteiger charge is 2.08. The Morgan fingerprint density at radius 3 is 2.94 bits per heavy atom. The number of hydrogen-bond donors (Lipinski definition) is 1. The van der Waals surface area contributed by atoms with Crippen molar-refractivity contribution in [1.82, 2.24) is 9.97 Å². The van der Waals surface area contributed by atoms with E-state index in [-0.39, 0.29) is 0 Å². The minimum Gasteiger partial charge on any atom is -0.369 e. The van der Waals surface area contributed by atoms with Gasteiger partial charge in [0.05, 0.1) is 12.8 Å². The van der Waals surface area contributed by atoms with Gasteiger partial charge in [-0.3, -0.25) is 0 Å². The Morgan fingerprint density at radius 2 is 2.31 bits per heavy atom. The summed E-state index contributed by atoms with van der Waals surface area (Å²) in [5.74, 6) is 1.59. The molecule has 6 heteroatoms. The van der Waals surface area contributed by atoms with Crippen LogP contribution in [0, 0.1) is 3.57 Å². The SMILES string of the molecule is CCNc1nc(-c2ccc(Cl)s2)ncc1I. The maximum Gasteiger partial charge on any atom is 0.171 e. The number of rotatable bonds is 3. The molecular weight excluding hydrogens is 357 g/mol. The predicted molar refractivity (Wildman–Crippen MR) is 77.2 cm³/mol. The zero-order valence-corrected chi connectivity index (χ0v) is 12.2. The summed E-state index contributed by atoms with van der Waals surface area (Å²) in [4.78, 5) is 9.75. The lowest BCUT2D eigenvalue weighted by Crippen LogP contribution is -2.03. The second-order valence-corrected chi connectivity index (χ2v) is 5.90. The van der Waals surface area contributed by atoms with Gasteiger partial charge in [-0.25, -0.2) is 9.97 Å². The molecule has 0 aliphatic carbocycles. The van der Waals surface area contributed by atoms with Crippen LogP contribution in [0.5, 0.6) is 0 Å². The van der Waals surface area contributed by atoms with E-state index >= 15 is 0 Å². The first kappa shape index (κ1) is 12.1. The Bertz CT molecular complexity index is 501. The van der Waals surface area contributed by atoms with Crippen LogP contribution in [0.15, 0.2) is 18.3 Å². The molecule has 2 heterocycles. The van der Waals surface area contributed by atoms with Gasteiger partial charge >= 0.3 is 0 Å². The molecule has 0 amide bonds. The molecule has 16 heavy (non-hydrogen) atoms. The maximum atomic E-state index is 5.89. The summed E-state index contributed by atoms with van der Waals surface area (Å²) in [6.45, 7) is 2.89. The normalized spacial score (nSPS) is 10.4. The zero-order chi connectivity index (χ0) is 11.5. The number of thiophene rings is 1. The van der Waals surface area contributed by atoms with Gasteiger partial charge < -0.3 is 5.32 Å². The summed E-state index contributed by atoms with van der Waals surface area (Å²) in [5, 5.41) is 3.21. The molecule has 1 N–H and O–H groups in total. The molecule has 0 saturated heterocycles. The van der Waals surface area contributed by atoms with Crippen LogP contribution in [-0.4, -0.2) is 16.5 Å². The molecule has 2 rings (SSSR count). The van der Waals surface area contributed by atoms with Gasteiger partial charge in [0.2, 0.25) is 0 Å². The highest BCUT2D eigenvalue weighted by Crippen LogP contribution is 2.29. The summed E-state index contributed by atoms with van der Waals surface area (Å²) in [6, 6.07) is 3.79. The quantitative estimate of drug-likeness (QED) is 0.839. The lowest BCUT2D eigenvalue weighted by atomic mass is 10.4. The Labute approximate surface area is 116 Å². The van der Waals surface area contributed by atoms with Crippen LogP contribution in [0.4, 0.5) is 5.82 Å². The number of halogens is 2. The first-order valence-corrected chi connectivity index (χ1v) is 7.00. The lowest BCUT2D eigenvalue weighted by Gasteiger charge is -2.05. The average molecular weight is 366 g/mol. The smallest absolute Gasteiger partial charge is 0.171 e. The number of nitrogens with one attached hydrogen (secondary N) is 1. The van der Waals surface area contributed by atoms with Crippen molar-refractivity contribution in [2.75, 3.05) is 11.9 Å². The van der Waals surface area contributed by atoms with E-state index in [9.17, 15) is 0 Å². The first-order valence-electron chi connectivity index (χ1n) is 4.73. The van der Waals surface area contributed by atoms with E-state index in [1.165, 1.54) is 11.3 Å². The van der Waals surface area contributed by atoms with E-state index in [0.29, 0.717) is 5.82 Å². The van der Waals surface area contributed by atoms with Crippen LogP contribution in [0.1, 0.15) is 6.92 Å². The predicted octanol–water partition coefficient (Wildman–Crippen LogP) is 3.89. The van der Waals surface area contributed by atoms with Crippen molar-refractivity contribution in [2.45, 2.75) is 6.92 Å². The molecule has 2 aromatic heterocycles. The molecule has 0 bridgehead atoms. The molecule has 0 saturated carbocycles. The summed E-state index contributed by atoms with van der Waals surface area (Å²) < 4.78 is 1.77. The van der Waals surface area contributed by atoms with E-state index in [2.05, 4.69) is 37.9 Å². The van der Waals surface area contributed by atoms with Gasteiger partial charge in [0.1, 0.15) is 5.82 Å². The van der Waals surface area contributed by atoms with Gasteiger partial charge in [0.25, 0.3) is 0 Å². The molecular formula is C10H9ClIN3S. The molecule has 3 nitrogen and oxygen atoms in total. The molecule has 0 aliphatic heterocycles. The van der Waals surface area contributed by atoms with E-state index in [4.69, 9.17) is 11.6 Å². The lowest BCUT2D eigenvalue weighted by molar-refractivity contribution is 1.11. The van der Waals surface area contributed by atoms with Crippen LogP contribution in [-0.2, 0) is 0 Å². The van der Waals surface area contributed by atoms with E-state index in [1.54, 1.807) is 0 Å². The summed E-state index contributed by atoms with van der Waals surface area (Å²) in [5.41, 5.74) is 0. The number of anilines is 1. The third kappa shape index (κ3) is 2.64. The minimum absolute atomic E-state index is 0.716. The number of hydrogen-bond acceptors (Lipinski definition) is 4. The summed E-state index contributed by atoms with van der Waals surface area (Å²) in [6.07, 6.45) is 1.81. The summed E-state index contributed by atoms with van der Waals surface area (Å²) >= 11 is 9.59. The third-order valence-electron chi connectivity index (χ3n) is 1.88. The fraction of sp³-hybridized carbons (Fsp3) is 0.200. The standard InChI is InChI=1S/C10H9ClIN3S/c1-2-13-9-6(12)5-14-10(15-9)7-3-4-8(11)16-7/h3-5H,2H2,1H3,(H,13,14,15). The monoisotopic (exact) mass is 365 g/mol. The van der Waals surface area contributed by atoms with Crippen LogP contribution in [0.3, 0.4) is 0 Å². The Morgan fingerprint density at radius 1 is 1.50 bits per heavy atom. The second-order valence-electron chi connectivity index (χ2n) is 3.02. The molecule has 2 aromatic rings. The third-order valence-corrected chi connectivity index (χ3v) is 3.90. The van der Waals surface area contributed by atoms with E-state index in [0.717, 1.165) is 25.1 Å². The van der Waals surface area contributed by atoms with E-state index < -0.39 is 0 Å². The van der Waals surface area contributed by atoms with Gasteiger partial charge in [0.15, 0.2) is 5.82 Å². The zero-order valence-electron chi connectivity index (χ0n) is 8.50. The molecule has 0 aromatic carbocycles. The van der Waals surface area contributed by atoms with Crippen LogP contribution in [0.25, 0.3) is 10.7 Å². The average Bonchev–Trinajstić information content (AvgIpc) is 2.69. The van der Waals surface area contributed by atoms with Gasteiger partial charge in [-0.2, -0.15) is 0 Å². The number of aromatic nitrogens is 2. The van der Waals surface area contributed by atoms with Crippen LogP contribution in [0.2, 0.25) is 4.34 Å².